The largest absolute Gasteiger partial charge is 0.469 e. The van der Waals surface area contributed by atoms with E-state index in [9.17, 15) is 0 Å². The predicted octanol–water partition coefficient (Wildman–Crippen LogP) is 15.1. The number of nitrogens with one attached hydrogen (secondary N) is 1. The van der Waals surface area contributed by atoms with Gasteiger partial charge >= 0.3 is 0 Å². The fourth-order valence-corrected chi connectivity index (χ4v) is 11.0. The Bertz CT molecular complexity index is 3690. The molecule has 1 N–H and O–H groups in total. The molecular formula is C56H48BN2O2S. The fraction of sp³-hybridized carbons (Fsp3) is 0.214. The number of para-hydroxylation sites is 1. The lowest BCUT2D eigenvalue weighted by Gasteiger charge is -2.22. The standard InChI is InChI=1S/C56H48BN2O2S/c1-54(2,3)30-14-18-33(19-15-30)58-43-27-41-35-20-16-32(56(7,8)9)25-48(35)62-49(41)28-38(43)36-21-22-37-39-26-40-34-12-10-11-13-45(34)60-47(40)29-44(39)59-51(37)50(36)57-53-52(59)42-24-31(55(4,5)6)17-23-46(42)61-53/h10-29,58H,1-9H3. The molecule has 0 bridgehead atoms. The van der Waals surface area contributed by atoms with Gasteiger partial charge in [0.1, 0.15) is 16.7 Å². The molecule has 0 fully saturated rings. The van der Waals surface area contributed by atoms with Crippen molar-refractivity contribution in [3.8, 4) is 16.8 Å². The predicted molar refractivity (Wildman–Crippen MR) is 267 cm³/mol. The summed E-state index contributed by atoms with van der Waals surface area (Å²) in [5, 5.41) is 12.3. The number of anilines is 2. The average Bonchev–Trinajstić information content (AvgIpc) is 3.97. The molecule has 6 heteroatoms. The van der Waals surface area contributed by atoms with Crippen molar-refractivity contribution in [2.45, 2.75) is 78.6 Å². The summed E-state index contributed by atoms with van der Waals surface area (Å²) in [5.41, 5.74) is 16.5. The van der Waals surface area contributed by atoms with Crippen molar-refractivity contribution in [1.29, 1.82) is 0 Å². The van der Waals surface area contributed by atoms with Crippen LogP contribution in [0.25, 0.3) is 91.7 Å². The first-order valence-electron chi connectivity index (χ1n) is 21.8. The minimum Gasteiger partial charge on any atom is -0.469 e. The second kappa shape index (κ2) is 12.7. The van der Waals surface area contributed by atoms with Crippen LogP contribution in [0.15, 0.2) is 130 Å². The maximum atomic E-state index is 6.89. The molecular weight excluding hydrogens is 776 g/mol. The Labute approximate surface area is 366 Å². The number of benzene rings is 7. The highest BCUT2D eigenvalue weighted by Gasteiger charge is 2.32. The molecule has 12 rings (SSSR count). The molecule has 11 aromatic rings. The van der Waals surface area contributed by atoms with Gasteiger partial charge in [-0.1, -0.05) is 123 Å². The van der Waals surface area contributed by atoms with Crippen molar-refractivity contribution in [2.75, 3.05) is 5.32 Å². The van der Waals surface area contributed by atoms with E-state index in [1.54, 1.807) is 0 Å². The minimum atomic E-state index is -0.0215. The molecule has 5 heterocycles. The van der Waals surface area contributed by atoms with E-state index < -0.39 is 0 Å². The van der Waals surface area contributed by atoms with Crippen LogP contribution in [-0.4, -0.2) is 11.8 Å². The Morgan fingerprint density at radius 1 is 0.500 bits per heavy atom. The van der Waals surface area contributed by atoms with E-state index in [1.165, 1.54) is 53.2 Å². The van der Waals surface area contributed by atoms with E-state index >= 15 is 0 Å². The van der Waals surface area contributed by atoms with Gasteiger partial charge in [0.05, 0.1) is 16.9 Å². The summed E-state index contributed by atoms with van der Waals surface area (Å²) in [7, 11) is 2.30. The van der Waals surface area contributed by atoms with Gasteiger partial charge in [0.15, 0.2) is 0 Å². The lowest BCUT2D eigenvalue weighted by atomic mass is 9.62. The maximum Gasteiger partial charge on any atom is 0.247 e. The van der Waals surface area contributed by atoms with Crippen LogP contribution >= 0.6 is 11.3 Å². The fourth-order valence-electron chi connectivity index (χ4n) is 9.82. The monoisotopic (exact) mass is 823 g/mol. The van der Waals surface area contributed by atoms with Crippen LogP contribution in [0.2, 0.25) is 0 Å². The van der Waals surface area contributed by atoms with E-state index in [0.29, 0.717) is 0 Å². The summed E-state index contributed by atoms with van der Waals surface area (Å²) in [5.74, 6) is 0. The van der Waals surface area contributed by atoms with Gasteiger partial charge in [-0.05, 0) is 98.6 Å². The zero-order chi connectivity index (χ0) is 42.6. The molecule has 303 valence electrons. The highest BCUT2D eigenvalue weighted by Crippen LogP contribution is 2.46. The van der Waals surface area contributed by atoms with Gasteiger partial charge in [-0.15, -0.1) is 11.3 Å². The second-order valence-electron chi connectivity index (χ2n) is 20.6. The molecule has 1 aliphatic rings. The molecule has 0 unspecified atom stereocenters. The van der Waals surface area contributed by atoms with Crippen molar-refractivity contribution in [3.63, 3.8) is 0 Å². The Balaban J connectivity index is 1.15. The van der Waals surface area contributed by atoms with E-state index in [-0.39, 0.29) is 16.2 Å². The van der Waals surface area contributed by atoms with Gasteiger partial charge in [-0.2, -0.15) is 0 Å². The summed E-state index contributed by atoms with van der Waals surface area (Å²) in [6.45, 7) is 20.5. The van der Waals surface area contributed by atoms with Crippen molar-refractivity contribution < 1.29 is 8.83 Å². The van der Waals surface area contributed by atoms with Gasteiger partial charge in [0.2, 0.25) is 7.28 Å². The zero-order valence-corrected chi connectivity index (χ0v) is 37.6. The normalized spacial score (nSPS) is 13.4. The van der Waals surface area contributed by atoms with Gasteiger partial charge in [-0.25, -0.2) is 0 Å². The van der Waals surface area contributed by atoms with E-state index in [1.807, 2.05) is 17.4 Å². The first-order chi connectivity index (χ1) is 29.6. The number of nitrogens with zero attached hydrogens (tertiary/aromatic N) is 1. The van der Waals surface area contributed by atoms with E-state index in [0.717, 1.165) is 77.7 Å². The van der Waals surface area contributed by atoms with E-state index in [2.05, 4.69) is 195 Å². The lowest BCUT2D eigenvalue weighted by molar-refractivity contribution is 0.590. The zero-order valence-electron chi connectivity index (χ0n) is 36.8. The van der Waals surface area contributed by atoms with Crippen LogP contribution in [0, 0.1) is 0 Å². The third-order valence-electron chi connectivity index (χ3n) is 13.3. The molecule has 1 aliphatic heterocycles. The quantitative estimate of drug-likeness (QED) is 0.181. The van der Waals surface area contributed by atoms with Crippen molar-refractivity contribution >= 4 is 116 Å². The molecule has 0 spiro atoms. The summed E-state index contributed by atoms with van der Waals surface area (Å²) in [6, 6.07) is 45.1. The first-order valence-corrected chi connectivity index (χ1v) is 22.6. The SMILES string of the molecule is CC(C)(C)c1ccc(Nc2cc3c(cc2-c2ccc4c5cc6c(cc5n5c4c2[B]c2oc4ccc(C(C)(C)C)cc4c2-5)oc2ccccc26)sc2cc(C(C)(C)C)ccc23)cc1. The van der Waals surface area contributed by atoms with Crippen LogP contribution in [0.1, 0.15) is 79.0 Å². The molecule has 62 heavy (non-hydrogen) atoms. The Hall–Kier alpha value is -6.24. The van der Waals surface area contributed by atoms with Gasteiger partial charge in [0, 0.05) is 75.6 Å². The topological polar surface area (TPSA) is 43.2 Å². The van der Waals surface area contributed by atoms with Crippen LogP contribution < -0.4 is 16.4 Å². The molecule has 4 aromatic heterocycles. The number of furan rings is 2. The number of thiophene rings is 1. The smallest absolute Gasteiger partial charge is 0.247 e. The Kier molecular flexibility index (Phi) is 7.67. The Morgan fingerprint density at radius 2 is 1.18 bits per heavy atom. The van der Waals surface area contributed by atoms with Crippen LogP contribution in [-0.2, 0) is 16.2 Å². The minimum absolute atomic E-state index is 0.0215. The van der Waals surface area contributed by atoms with Crippen LogP contribution in [0.5, 0.6) is 0 Å². The molecule has 0 aliphatic carbocycles. The van der Waals surface area contributed by atoms with Crippen molar-refractivity contribution in [2.24, 2.45) is 0 Å². The van der Waals surface area contributed by atoms with Gasteiger partial charge in [0.25, 0.3) is 0 Å². The number of aromatic nitrogens is 1. The summed E-state index contributed by atoms with van der Waals surface area (Å²) in [6.07, 6.45) is 0. The lowest BCUT2D eigenvalue weighted by Crippen LogP contribution is -2.36. The third kappa shape index (κ3) is 5.58. The van der Waals surface area contributed by atoms with Crippen LogP contribution in [0.3, 0.4) is 0 Å². The molecule has 0 atom stereocenters. The number of hydrogen-bond donors (Lipinski definition) is 1. The molecule has 4 nitrogen and oxygen atoms in total. The van der Waals surface area contributed by atoms with Crippen molar-refractivity contribution in [1.82, 2.24) is 4.57 Å². The highest BCUT2D eigenvalue weighted by atomic mass is 32.1. The van der Waals surface area contributed by atoms with Gasteiger partial charge in [-0.3, -0.25) is 0 Å². The summed E-state index contributed by atoms with van der Waals surface area (Å²) in [4.78, 5) is 0. The van der Waals surface area contributed by atoms with Gasteiger partial charge < -0.3 is 18.7 Å². The van der Waals surface area contributed by atoms with Crippen molar-refractivity contribution in [3.05, 3.63) is 138 Å². The molecule has 0 saturated heterocycles. The summed E-state index contributed by atoms with van der Waals surface area (Å²) >= 11 is 1.88. The molecule has 7 aromatic carbocycles. The highest BCUT2D eigenvalue weighted by molar-refractivity contribution is 7.25. The number of rotatable bonds is 3. The molecule has 0 saturated carbocycles. The van der Waals surface area contributed by atoms with Crippen LogP contribution in [0.4, 0.5) is 11.4 Å². The third-order valence-corrected chi connectivity index (χ3v) is 14.4. The number of hydrogen-bond acceptors (Lipinski definition) is 4. The number of fused-ring (bicyclic) bond motifs is 13. The molecule has 0 amide bonds. The molecule has 1 radical (unpaired) electrons. The summed E-state index contributed by atoms with van der Waals surface area (Å²) < 4.78 is 18.5. The Morgan fingerprint density at radius 3 is 1.95 bits per heavy atom. The van der Waals surface area contributed by atoms with E-state index in [4.69, 9.17) is 8.83 Å². The first kappa shape index (κ1) is 37.5. The average molecular weight is 824 g/mol. The second-order valence-corrected chi connectivity index (χ2v) is 21.6. The maximum absolute atomic E-state index is 6.89.